The summed E-state index contributed by atoms with van der Waals surface area (Å²) in [5, 5.41) is 0.887. The van der Waals surface area contributed by atoms with E-state index in [1.54, 1.807) is 11.3 Å². The Morgan fingerprint density at radius 1 is 1.41 bits per heavy atom. The standard InChI is InChI=1S/C14H15FN2O3S2/c15-10-2-1-3-11(8-10)22(18,19)16-6-4-14-17-12-5-7-20-9-13(12)21-14/h1-3,8,16H,4-7,9H2. The molecule has 0 aliphatic carbocycles. The average Bonchev–Trinajstić information content (AvgIpc) is 2.89. The summed E-state index contributed by atoms with van der Waals surface area (Å²) < 4.78 is 45.0. The van der Waals surface area contributed by atoms with Gasteiger partial charge in [0.15, 0.2) is 0 Å². The van der Waals surface area contributed by atoms with E-state index in [9.17, 15) is 12.8 Å². The minimum absolute atomic E-state index is 0.0701. The predicted molar refractivity (Wildman–Crippen MR) is 80.8 cm³/mol. The van der Waals surface area contributed by atoms with Crippen molar-refractivity contribution in [1.82, 2.24) is 9.71 Å². The maximum absolute atomic E-state index is 13.1. The molecule has 0 unspecified atom stereocenters. The number of benzene rings is 1. The first-order valence-corrected chi connectivity index (χ1v) is 9.15. The van der Waals surface area contributed by atoms with Crippen LogP contribution in [0.4, 0.5) is 4.39 Å². The summed E-state index contributed by atoms with van der Waals surface area (Å²) in [5.41, 5.74) is 1.05. The number of aromatic nitrogens is 1. The molecule has 2 heterocycles. The number of ether oxygens (including phenoxy) is 1. The zero-order valence-corrected chi connectivity index (χ0v) is 13.3. The zero-order chi connectivity index (χ0) is 15.6. The molecule has 3 rings (SSSR count). The van der Waals surface area contributed by atoms with Gasteiger partial charge in [-0.05, 0) is 18.2 Å². The van der Waals surface area contributed by atoms with E-state index >= 15 is 0 Å². The van der Waals surface area contributed by atoms with Crippen LogP contribution in [0, 0.1) is 5.82 Å². The lowest BCUT2D eigenvalue weighted by molar-refractivity contribution is 0.112. The first-order valence-electron chi connectivity index (χ1n) is 6.85. The summed E-state index contributed by atoms with van der Waals surface area (Å²) in [6, 6.07) is 4.95. The topological polar surface area (TPSA) is 68.3 Å². The van der Waals surface area contributed by atoms with Gasteiger partial charge in [-0.3, -0.25) is 0 Å². The minimum Gasteiger partial charge on any atom is -0.375 e. The molecule has 5 nitrogen and oxygen atoms in total. The predicted octanol–water partition coefficient (Wildman–Crippen LogP) is 1.88. The monoisotopic (exact) mass is 342 g/mol. The molecule has 0 saturated carbocycles. The van der Waals surface area contributed by atoms with E-state index in [0.29, 0.717) is 19.6 Å². The van der Waals surface area contributed by atoms with E-state index < -0.39 is 15.8 Å². The fraction of sp³-hybridized carbons (Fsp3) is 0.357. The van der Waals surface area contributed by atoms with Gasteiger partial charge < -0.3 is 4.74 Å². The number of sulfonamides is 1. The van der Waals surface area contributed by atoms with Gasteiger partial charge in [0.2, 0.25) is 10.0 Å². The van der Waals surface area contributed by atoms with E-state index in [0.717, 1.165) is 28.1 Å². The highest BCUT2D eigenvalue weighted by Gasteiger charge is 2.17. The average molecular weight is 342 g/mol. The maximum atomic E-state index is 13.1. The Morgan fingerprint density at radius 2 is 2.27 bits per heavy atom. The van der Waals surface area contributed by atoms with Gasteiger partial charge in [-0.1, -0.05) is 6.07 Å². The molecule has 1 N–H and O–H groups in total. The van der Waals surface area contributed by atoms with E-state index in [1.165, 1.54) is 18.2 Å². The Hall–Kier alpha value is -1.35. The number of thiazole rings is 1. The highest BCUT2D eigenvalue weighted by molar-refractivity contribution is 7.89. The van der Waals surface area contributed by atoms with Crippen LogP contribution in [0.25, 0.3) is 0 Å². The van der Waals surface area contributed by atoms with E-state index in [2.05, 4.69) is 9.71 Å². The smallest absolute Gasteiger partial charge is 0.240 e. The Morgan fingerprint density at radius 3 is 3.05 bits per heavy atom. The number of hydrogen-bond donors (Lipinski definition) is 1. The molecule has 1 aromatic heterocycles. The van der Waals surface area contributed by atoms with Crippen molar-refractivity contribution in [3.63, 3.8) is 0 Å². The molecule has 1 aliphatic heterocycles. The largest absolute Gasteiger partial charge is 0.375 e. The molecule has 0 atom stereocenters. The fourth-order valence-corrected chi connectivity index (χ4v) is 4.31. The molecule has 1 aliphatic rings. The molecule has 2 aromatic rings. The van der Waals surface area contributed by atoms with Crippen molar-refractivity contribution in [1.29, 1.82) is 0 Å². The highest BCUT2D eigenvalue weighted by atomic mass is 32.2. The molecule has 0 bridgehead atoms. The number of halogens is 1. The Bertz CT molecular complexity index is 751. The summed E-state index contributed by atoms with van der Waals surface area (Å²) in [7, 11) is -3.69. The second-order valence-corrected chi connectivity index (χ2v) is 7.82. The van der Waals surface area contributed by atoms with Gasteiger partial charge in [-0.2, -0.15) is 0 Å². The summed E-state index contributed by atoms with van der Waals surface area (Å²) >= 11 is 1.55. The van der Waals surface area contributed by atoms with E-state index in [-0.39, 0.29) is 11.4 Å². The molecular weight excluding hydrogens is 327 g/mol. The molecule has 1 aromatic carbocycles. The minimum atomic E-state index is -3.69. The van der Waals surface area contributed by atoms with Gasteiger partial charge in [-0.15, -0.1) is 11.3 Å². The summed E-state index contributed by atoms with van der Waals surface area (Å²) in [6.45, 7) is 1.50. The lowest BCUT2D eigenvalue weighted by Gasteiger charge is -2.08. The number of rotatable bonds is 5. The number of nitrogens with one attached hydrogen (secondary N) is 1. The van der Waals surface area contributed by atoms with Gasteiger partial charge in [0.1, 0.15) is 5.82 Å². The van der Waals surface area contributed by atoms with Gasteiger partial charge >= 0.3 is 0 Å². The normalized spacial score (nSPS) is 14.8. The van der Waals surface area contributed by atoms with E-state index in [1.807, 2.05) is 0 Å². The van der Waals surface area contributed by atoms with Crippen molar-refractivity contribution in [3.8, 4) is 0 Å². The van der Waals surface area contributed by atoms with E-state index in [4.69, 9.17) is 4.74 Å². The van der Waals surface area contributed by atoms with Crippen LogP contribution in [0.15, 0.2) is 29.2 Å². The van der Waals surface area contributed by atoms with Crippen molar-refractivity contribution in [2.75, 3.05) is 13.2 Å². The number of fused-ring (bicyclic) bond motifs is 1. The van der Waals surface area contributed by atoms with Crippen LogP contribution in [0.1, 0.15) is 15.6 Å². The van der Waals surface area contributed by atoms with Gasteiger partial charge in [0.25, 0.3) is 0 Å². The molecule has 22 heavy (non-hydrogen) atoms. The zero-order valence-electron chi connectivity index (χ0n) is 11.7. The molecule has 118 valence electrons. The summed E-state index contributed by atoms with van der Waals surface area (Å²) in [6.07, 6.45) is 1.31. The van der Waals surface area contributed by atoms with Gasteiger partial charge in [0, 0.05) is 19.4 Å². The third kappa shape index (κ3) is 3.52. The quantitative estimate of drug-likeness (QED) is 0.901. The van der Waals surface area contributed by atoms with Crippen LogP contribution < -0.4 is 4.72 Å². The molecular formula is C14H15FN2O3S2. The second kappa shape index (κ2) is 6.41. The van der Waals surface area contributed by atoms with Crippen molar-refractivity contribution >= 4 is 21.4 Å². The highest BCUT2D eigenvalue weighted by Crippen LogP contribution is 2.23. The molecule has 0 saturated heterocycles. The molecule has 0 spiro atoms. The Kier molecular flexibility index (Phi) is 4.53. The lowest BCUT2D eigenvalue weighted by Crippen LogP contribution is -2.26. The Labute approximate surface area is 132 Å². The first kappa shape index (κ1) is 15.5. The van der Waals surface area contributed by atoms with Crippen molar-refractivity contribution < 1.29 is 17.5 Å². The van der Waals surface area contributed by atoms with Crippen LogP contribution in [0.5, 0.6) is 0 Å². The fourth-order valence-electron chi connectivity index (χ4n) is 2.20. The summed E-state index contributed by atoms with van der Waals surface area (Å²) in [4.78, 5) is 5.55. The lowest BCUT2D eigenvalue weighted by atomic mass is 10.2. The molecule has 8 heteroatoms. The third-order valence-corrected chi connectivity index (χ3v) is 5.87. The first-order chi connectivity index (χ1) is 10.5. The van der Waals surface area contributed by atoms with Crippen LogP contribution in [0.2, 0.25) is 0 Å². The van der Waals surface area contributed by atoms with Crippen molar-refractivity contribution in [2.45, 2.75) is 24.3 Å². The van der Waals surface area contributed by atoms with Crippen LogP contribution in [-0.4, -0.2) is 26.6 Å². The van der Waals surface area contributed by atoms with Gasteiger partial charge in [0.05, 0.1) is 33.7 Å². The van der Waals surface area contributed by atoms with Crippen LogP contribution in [-0.2, 0) is 34.2 Å². The van der Waals surface area contributed by atoms with Gasteiger partial charge in [-0.25, -0.2) is 22.5 Å². The van der Waals surface area contributed by atoms with Crippen LogP contribution >= 0.6 is 11.3 Å². The third-order valence-electron chi connectivity index (χ3n) is 3.28. The molecule has 0 radical (unpaired) electrons. The SMILES string of the molecule is O=S(=O)(NCCc1nc2c(s1)COCC2)c1cccc(F)c1. The molecule has 0 fully saturated rings. The van der Waals surface area contributed by atoms with Crippen LogP contribution in [0.3, 0.4) is 0 Å². The van der Waals surface area contributed by atoms with Crippen molar-refractivity contribution in [3.05, 3.63) is 45.7 Å². The summed E-state index contributed by atoms with van der Waals surface area (Å²) in [5.74, 6) is -0.574. The molecule has 0 amide bonds. The number of nitrogens with zero attached hydrogens (tertiary/aromatic N) is 1. The maximum Gasteiger partial charge on any atom is 0.240 e. The second-order valence-electron chi connectivity index (χ2n) is 4.89. The number of hydrogen-bond acceptors (Lipinski definition) is 5. The van der Waals surface area contributed by atoms with Crippen molar-refractivity contribution in [2.24, 2.45) is 0 Å². The Balaban J connectivity index is 1.61.